The highest BCUT2D eigenvalue weighted by Gasteiger charge is 2.25. The lowest BCUT2D eigenvalue weighted by atomic mass is 10.1. The zero-order valence-electron chi connectivity index (χ0n) is 14.2. The van der Waals surface area contributed by atoms with Crippen LogP contribution in [0.4, 0.5) is 0 Å². The summed E-state index contributed by atoms with van der Waals surface area (Å²) < 4.78 is 15.9. The maximum Gasteiger partial charge on any atom is 0.257 e. The maximum absolute atomic E-state index is 12.8. The summed E-state index contributed by atoms with van der Waals surface area (Å²) in [5, 5.41) is 7.63. The van der Waals surface area contributed by atoms with Crippen LogP contribution in [0.15, 0.2) is 40.9 Å². The molecule has 1 aromatic heterocycles. The molecule has 1 aliphatic rings. The molecule has 3 aromatic rings. The van der Waals surface area contributed by atoms with E-state index in [0.29, 0.717) is 50.7 Å². The molecule has 0 unspecified atom stereocenters. The normalized spacial score (nSPS) is 12.3. The number of hydrogen-bond donors (Lipinski definition) is 1. The number of ether oxygens (including phenoxy) is 2. The Bertz CT molecular complexity index is 1010. The summed E-state index contributed by atoms with van der Waals surface area (Å²) in [6.07, 6.45) is 0. The molecule has 0 fully saturated rings. The van der Waals surface area contributed by atoms with Crippen LogP contribution in [0.2, 0.25) is 10.0 Å². The molecule has 0 saturated heterocycles. The van der Waals surface area contributed by atoms with Gasteiger partial charge in [-0.05, 0) is 36.8 Å². The molecule has 0 spiro atoms. The van der Waals surface area contributed by atoms with Gasteiger partial charge in [-0.2, -0.15) is 0 Å². The van der Waals surface area contributed by atoms with Crippen molar-refractivity contribution in [2.24, 2.45) is 0 Å². The quantitative estimate of drug-likeness (QED) is 0.686. The topological polar surface area (TPSA) is 73.6 Å². The number of carbonyl (C=O) groups is 1. The fourth-order valence-electron chi connectivity index (χ4n) is 2.86. The summed E-state index contributed by atoms with van der Waals surface area (Å²) in [5.41, 5.74) is 1.95. The van der Waals surface area contributed by atoms with E-state index >= 15 is 0 Å². The summed E-state index contributed by atoms with van der Waals surface area (Å²) in [4.78, 5) is 12.8. The van der Waals surface area contributed by atoms with E-state index in [-0.39, 0.29) is 12.7 Å². The fraction of sp³-hybridized carbons (Fsp3) is 0.158. The molecule has 6 nitrogen and oxygen atoms in total. The molecule has 0 bridgehead atoms. The number of benzene rings is 2. The van der Waals surface area contributed by atoms with Crippen molar-refractivity contribution in [1.29, 1.82) is 0 Å². The molecule has 4 rings (SSSR count). The Kier molecular flexibility index (Phi) is 4.68. The number of hydrogen-bond acceptors (Lipinski definition) is 5. The van der Waals surface area contributed by atoms with Crippen LogP contribution in [0, 0.1) is 6.92 Å². The Hall–Kier alpha value is -2.70. The Labute approximate surface area is 165 Å². The van der Waals surface area contributed by atoms with Crippen LogP contribution in [0.25, 0.3) is 11.3 Å². The standard InChI is InChI=1S/C19H14Cl2N2O4/c1-10-16(18(23-27-10)17-12(20)3-2-4-13(17)21)19(24)22-8-11-5-6-14-15(7-11)26-9-25-14/h2-7H,8-9H2,1H3,(H,22,24). The minimum atomic E-state index is -0.336. The monoisotopic (exact) mass is 404 g/mol. The van der Waals surface area contributed by atoms with E-state index in [9.17, 15) is 4.79 Å². The number of nitrogens with one attached hydrogen (secondary N) is 1. The van der Waals surface area contributed by atoms with Crippen molar-refractivity contribution in [3.05, 3.63) is 63.3 Å². The van der Waals surface area contributed by atoms with E-state index in [1.54, 1.807) is 25.1 Å². The second-order valence-electron chi connectivity index (χ2n) is 5.93. The van der Waals surface area contributed by atoms with Crippen molar-refractivity contribution in [1.82, 2.24) is 10.5 Å². The molecule has 138 valence electrons. The van der Waals surface area contributed by atoms with Crippen molar-refractivity contribution in [3.8, 4) is 22.8 Å². The van der Waals surface area contributed by atoms with Gasteiger partial charge in [0.2, 0.25) is 6.79 Å². The van der Waals surface area contributed by atoms with Crippen molar-refractivity contribution >= 4 is 29.1 Å². The van der Waals surface area contributed by atoms with Gasteiger partial charge in [-0.3, -0.25) is 4.79 Å². The number of aromatic nitrogens is 1. The molecule has 2 aromatic carbocycles. The number of halogens is 2. The van der Waals surface area contributed by atoms with Gasteiger partial charge >= 0.3 is 0 Å². The number of carbonyl (C=O) groups excluding carboxylic acids is 1. The first kappa shape index (κ1) is 17.7. The molecule has 0 atom stereocenters. The first-order chi connectivity index (χ1) is 13.0. The number of amides is 1. The molecule has 1 N–H and O–H groups in total. The van der Waals surface area contributed by atoms with Crippen molar-refractivity contribution in [2.75, 3.05) is 6.79 Å². The van der Waals surface area contributed by atoms with Crippen LogP contribution in [-0.2, 0) is 6.54 Å². The van der Waals surface area contributed by atoms with Gasteiger partial charge in [-0.15, -0.1) is 0 Å². The smallest absolute Gasteiger partial charge is 0.257 e. The molecule has 0 aliphatic carbocycles. The van der Waals surface area contributed by atoms with Crippen LogP contribution >= 0.6 is 23.2 Å². The minimum absolute atomic E-state index is 0.201. The summed E-state index contributed by atoms with van der Waals surface area (Å²) >= 11 is 12.5. The van der Waals surface area contributed by atoms with Gasteiger partial charge in [0.1, 0.15) is 17.0 Å². The van der Waals surface area contributed by atoms with Gasteiger partial charge < -0.3 is 19.3 Å². The zero-order chi connectivity index (χ0) is 19.0. The van der Waals surface area contributed by atoms with Crippen LogP contribution in [0.3, 0.4) is 0 Å². The average molecular weight is 405 g/mol. The number of fused-ring (bicyclic) bond motifs is 1. The van der Waals surface area contributed by atoms with Crippen LogP contribution in [0.1, 0.15) is 21.7 Å². The van der Waals surface area contributed by atoms with Crippen molar-refractivity contribution in [3.63, 3.8) is 0 Å². The molecule has 1 amide bonds. The number of nitrogens with zero attached hydrogens (tertiary/aromatic N) is 1. The highest BCUT2D eigenvalue weighted by molar-refractivity contribution is 6.39. The van der Waals surface area contributed by atoms with E-state index in [4.69, 9.17) is 37.2 Å². The second kappa shape index (κ2) is 7.13. The number of aryl methyl sites for hydroxylation is 1. The maximum atomic E-state index is 12.8. The summed E-state index contributed by atoms with van der Waals surface area (Å²) in [6.45, 7) is 2.17. The van der Waals surface area contributed by atoms with E-state index < -0.39 is 0 Å². The third kappa shape index (κ3) is 3.34. The molecule has 1 aliphatic heterocycles. The summed E-state index contributed by atoms with van der Waals surface area (Å²) in [5.74, 6) is 1.39. The van der Waals surface area contributed by atoms with E-state index in [0.717, 1.165) is 5.56 Å². The van der Waals surface area contributed by atoms with Crippen molar-refractivity contribution in [2.45, 2.75) is 13.5 Å². The lowest BCUT2D eigenvalue weighted by Gasteiger charge is -2.08. The molecular weight excluding hydrogens is 391 g/mol. The lowest BCUT2D eigenvalue weighted by molar-refractivity contribution is 0.0950. The molecule has 0 radical (unpaired) electrons. The van der Waals surface area contributed by atoms with Crippen LogP contribution in [0.5, 0.6) is 11.5 Å². The zero-order valence-corrected chi connectivity index (χ0v) is 15.7. The first-order valence-corrected chi connectivity index (χ1v) is 8.87. The van der Waals surface area contributed by atoms with Gasteiger partial charge in [0.15, 0.2) is 11.5 Å². The van der Waals surface area contributed by atoms with Crippen molar-refractivity contribution < 1.29 is 18.8 Å². The van der Waals surface area contributed by atoms with E-state index in [2.05, 4.69) is 10.5 Å². The molecule has 8 heteroatoms. The molecule has 2 heterocycles. The van der Waals surface area contributed by atoms with E-state index in [1.165, 1.54) is 0 Å². The van der Waals surface area contributed by atoms with Gasteiger partial charge in [0, 0.05) is 12.1 Å². The first-order valence-electron chi connectivity index (χ1n) is 8.12. The predicted molar refractivity (Wildman–Crippen MR) is 100 cm³/mol. The second-order valence-corrected chi connectivity index (χ2v) is 6.74. The lowest BCUT2D eigenvalue weighted by Crippen LogP contribution is -2.23. The van der Waals surface area contributed by atoms with Gasteiger partial charge in [-0.25, -0.2) is 0 Å². The third-order valence-corrected chi connectivity index (χ3v) is 4.81. The third-order valence-electron chi connectivity index (χ3n) is 4.18. The highest BCUT2D eigenvalue weighted by Crippen LogP contribution is 2.37. The number of rotatable bonds is 4. The van der Waals surface area contributed by atoms with Gasteiger partial charge in [-0.1, -0.05) is 40.5 Å². The minimum Gasteiger partial charge on any atom is -0.454 e. The Balaban J connectivity index is 1.59. The van der Waals surface area contributed by atoms with Gasteiger partial charge in [0.25, 0.3) is 5.91 Å². The van der Waals surface area contributed by atoms with Crippen LogP contribution < -0.4 is 14.8 Å². The Morgan fingerprint density at radius 1 is 1.15 bits per heavy atom. The van der Waals surface area contributed by atoms with Crippen LogP contribution in [-0.4, -0.2) is 17.9 Å². The fourth-order valence-corrected chi connectivity index (χ4v) is 3.43. The largest absolute Gasteiger partial charge is 0.454 e. The average Bonchev–Trinajstić information content (AvgIpc) is 3.26. The molecule has 27 heavy (non-hydrogen) atoms. The Morgan fingerprint density at radius 2 is 1.89 bits per heavy atom. The van der Waals surface area contributed by atoms with E-state index in [1.807, 2.05) is 18.2 Å². The summed E-state index contributed by atoms with van der Waals surface area (Å²) in [7, 11) is 0. The SMILES string of the molecule is Cc1onc(-c2c(Cl)cccc2Cl)c1C(=O)NCc1ccc2c(c1)OCO2. The predicted octanol–water partition coefficient (Wildman–Crippen LogP) is 4.62. The summed E-state index contributed by atoms with van der Waals surface area (Å²) in [6, 6.07) is 10.6. The molecule has 0 saturated carbocycles. The Morgan fingerprint density at radius 3 is 2.67 bits per heavy atom. The molecular formula is C19H14Cl2N2O4. The van der Waals surface area contributed by atoms with Gasteiger partial charge in [0.05, 0.1) is 10.0 Å². The highest BCUT2D eigenvalue weighted by atomic mass is 35.5.